The molecule has 3 nitrogen and oxygen atoms in total. The summed E-state index contributed by atoms with van der Waals surface area (Å²) in [6.45, 7) is 3.32. The largest absolute Gasteiger partial charge is 0.385 e. The number of halogens is 1. The van der Waals surface area contributed by atoms with Gasteiger partial charge in [0.1, 0.15) is 0 Å². The molecule has 0 aliphatic rings. The molecule has 19 heavy (non-hydrogen) atoms. The molecular formula is C14H22BrNO2S. The van der Waals surface area contributed by atoms with Crippen LogP contribution in [0.3, 0.4) is 0 Å². The number of methoxy groups -OCH3 is 2. The van der Waals surface area contributed by atoms with Crippen molar-refractivity contribution in [2.24, 2.45) is 0 Å². The molecule has 0 heterocycles. The van der Waals surface area contributed by atoms with Crippen LogP contribution in [0.4, 0.5) is 0 Å². The number of benzene rings is 1. The lowest BCUT2D eigenvalue weighted by Crippen LogP contribution is -2.18. The topological polar surface area (TPSA) is 30.5 Å². The molecule has 1 N–H and O–H groups in total. The second-order valence-electron chi connectivity index (χ2n) is 4.12. The van der Waals surface area contributed by atoms with Crippen molar-refractivity contribution in [1.29, 1.82) is 0 Å². The molecule has 108 valence electrons. The van der Waals surface area contributed by atoms with Gasteiger partial charge in [0.15, 0.2) is 0 Å². The zero-order valence-electron chi connectivity index (χ0n) is 11.6. The third-order valence-corrected chi connectivity index (χ3v) is 4.26. The van der Waals surface area contributed by atoms with Crippen molar-refractivity contribution in [1.82, 2.24) is 5.32 Å². The molecule has 0 bridgehead atoms. The predicted molar refractivity (Wildman–Crippen MR) is 84.9 cm³/mol. The van der Waals surface area contributed by atoms with Crippen LogP contribution in [-0.4, -0.2) is 39.7 Å². The summed E-state index contributed by atoms with van der Waals surface area (Å²) in [4.78, 5) is 1.33. The molecule has 0 aliphatic heterocycles. The van der Waals surface area contributed by atoms with Gasteiger partial charge >= 0.3 is 0 Å². The summed E-state index contributed by atoms with van der Waals surface area (Å²) in [5.74, 6) is 1.08. The van der Waals surface area contributed by atoms with Crippen LogP contribution >= 0.6 is 27.7 Å². The first kappa shape index (κ1) is 17.0. The van der Waals surface area contributed by atoms with Crippen molar-refractivity contribution < 1.29 is 9.47 Å². The van der Waals surface area contributed by atoms with Gasteiger partial charge in [0, 0.05) is 49.0 Å². The molecule has 0 saturated heterocycles. The summed E-state index contributed by atoms with van der Waals surface area (Å²) in [7, 11) is 3.47. The minimum atomic E-state index is 0.743. The zero-order valence-corrected chi connectivity index (χ0v) is 14.0. The van der Waals surface area contributed by atoms with Gasteiger partial charge in [-0.15, -0.1) is 11.8 Å². The molecule has 0 unspecified atom stereocenters. The van der Waals surface area contributed by atoms with E-state index in [1.807, 2.05) is 11.8 Å². The standard InChI is InChI=1S/C14H22BrNO2S/c1-17-7-3-9-19-14-10-13(15)5-4-12(14)11-16-6-8-18-2/h4-5,10,16H,3,6-9,11H2,1-2H3. The molecule has 0 atom stereocenters. The number of hydrogen-bond donors (Lipinski definition) is 1. The first-order valence-electron chi connectivity index (χ1n) is 6.37. The van der Waals surface area contributed by atoms with Gasteiger partial charge in [0.2, 0.25) is 0 Å². The summed E-state index contributed by atoms with van der Waals surface area (Å²) in [5.41, 5.74) is 1.33. The molecule has 1 aromatic rings. The van der Waals surface area contributed by atoms with E-state index in [4.69, 9.17) is 9.47 Å². The van der Waals surface area contributed by atoms with Crippen LogP contribution in [0.25, 0.3) is 0 Å². The van der Waals surface area contributed by atoms with Crippen LogP contribution in [-0.2, 0) is 16.0 Å². The third kappa shape index (κ3) is 7.32. The summed E-state index contributed by atoms with van der Waals surface area (Å²) >= 11 is 5.42. The van der Waals surface area contributed by atoms with Gasteiger partial charge < -0.3 is 14.8 Å². The quantitative estimate of drug-likeness (QED) is 0.519. The normalized spacial score (nSPS) is 10.9. The smallest absolute Gasteiger partial charge is 0.0587 e. The first-order chi connectivity index (χ1) is 9.27. The van der Waals surface area contributed by atoms with Crippen molar-refractivity contribution in [2.75, 3.05) is 39.7 Å². The maximum Gasteiger partial charge on any atom is 0.0587 e. The van der Waals surface area contributed by atoms with Crippen LogP contribution in [0.15, 0.2) is 27.6 Å². The minimum Gasteiger partial charge on any atom is -0.385 e. The summed E-state index contributed by atoms with van der Waals surface area (Å²) in [6, 6.07) is 6.44. The Bertz CT molecular complexity index is 363. The van der Waals surface area contributed by atoms with Gasteiger partial charge in [-0.2, -0.15) is 0 Å². The highest BCUT2D eigenvalue weighted by Gasteiger charge is 2.04. The van der Waals surface area contributed by atoms with E-state index < -0.39 is 0 Å². The Morgan fingerprint density at radius 2 is 2.00 bits per heavy atom. The Morgan fingerprint density at radius 1 is 1.21 bits per heavy atom. The van der Waals surface area contributed by atoms with Crippen molar-refractivity contribution in [3.05, 3.63) is 28.2 Å². The fraction of sp³-hybridized carbons (Fsp3) is 0.571. The van der Waals surface area contributed by atoms with Crippen molar-refractivity contribution >= 4 is 27.7 Å². The molecule has 0 saturated carbocycles. The number of thioether (sulfide) groups is 1. The minimum absolute atomic E-state index is 0.743. The van der Waals surface area contributed by atoms with Crippen LogP contribution in [0, 0.1) is 0 Å². The number of hydrogen-bond acceptors (Lipinski definition) is 4. The number of nitrogens with one attached hydrogen (secondary N) is 1. The molecule has 0 aromatic heterocycles. The maximum atomic E-state index is 5.08. The van der Waals surface area contributed by atoms with Gasteiger partial charge in [-0.05, 0) is 24.1 Å². The first-order valence-corrected chi connectivity index (χ1v) is 8.15. The van der Waals surface area contributed by atoms with E-state index in [1.54, 1.807) is 14.2 Å². The Kier molecular flexibility index (Phi) is 9.55. The molecule has 0 aliphatic carbocycles. The average molecular weight is 348 g/mol. The van der Waals surface area contributed by atoms with Gasteiger partial charge in [-0.3, -0.25) is 0 Å². The van der Waals surface area contributed by atoms with Gasteiger partial charge in [-0.1, -0.05) is 22.0 Å². The highest BCUT2D eigenvalue weighted by atomic mass is 79.9. The monoisotopic (exact) mass is 347 g/mol. The van der Waals surface area contributed by atoms with E-state index in [0.717, 1.165) is 42.9 Å². The lowest BCUT2D eigenvalue weighted by Gasteiger charge is -2.11. The lowest BCUT2D eigenvalue weighted by atomic mass is 10.2. The molecule has 0 amide bonds. The molecular weight excluding hydrogens is 326 g/mol. The SMILES string of the molecule is COCCCSc1cc(Br)ccc1CNCCOC. The maximum absolute atomic E-state index is 5.08. The average Bonchev–Trinajstić information content (AvgIpc) is 2.41. The summed E-state index contributed by atoms with van der Waals surface area (Å²) in [5, 5.41) is 3.39. The molecule has 1 rings (SSSR count). The van der Waals surface area contributed by atoms with Gasteiger partial charge in [0.25, 0.3) is 0 Å². The second-order valence-corrected chi connectivity index (χ2v) is 6.17. The summed E-state index contributed by atoms with van der Waals surface area (Å²) in [6.07, 6.45) is 1.07. The van der Waals surface area contributed by atoms with Gasteiger partial charge in [-0.25, -0.2) is 0 Å². The second kappa shape index (κ2) is 10.7. The van der Waals surface area contributed by atoms with Crippen molar-refractivity contribution in [3.8, 4) is 0 Å². The molecule has 0 spiro atoms. The number of ether oxygens (including phenoxy) is 2. The highest BCUT2D eigenvalue weighted by Crippen LogP contribution is 2.27. The fourth-order valence-corrected chi connectivity index (χ4v) is 3.12. The van der Waals surface area contributed by atoms with Crippen LogP contribution in [0.1, 0.15) is 12.0 Å². The Balaban J connectivity index is 2.48. The third-order valence-electron chi connectivity index (χ3n) is 2.58. The zero-order chi connectivity index (χ0) is 13.9. The molecule has 0 fully saturated rings. The predicted octanol–water partition coefficient (Wildman–Crippen LogP) is 3.31. The van der Waals surface area contributed by atoms with Crippen molar-refractivity contribution in [2.45, 2.75) is 17.9 Å². The van der Waals surface area contributed by atoms with Crippen LogP contribution in [0.5, 0.6) is 0 Å². The Morgan fingerprint density at radius 3 is 2.74 bits per heavy atom. The van der Waals surface area contributed by atoms with Crippen LogP contribution < -0.4 is 5.32 Å². The Labute approximate surface area is 128 Å². The van der Waals surface area contributed by atoms with E-state index in [2.05, 4.69) is 39.4 Å². The van der Waals surface area contributed by atoms with E-state index in [0.29, 0.717) is 0 Å². The van der Waals surface area contributed by atoms with Crippen molar-refractivity contribution in [3.63, 3.8) is 0 Å². The van der Waals surface area contributed by atoms with E-state index >= 15 is 0 Å². The number of rotatable bonds is 10. The lowest BCUT2D eigenvalue weighted by molar-refractivity contribution is 0.199. The van der Waals surface area contributed by atoms with Gasteiger partial charge in [0.05, 0.1) is 6.61 Å². The molecule has 5 heteroatoms. The Hall–Kier alpha value is -0.0700. The molecule has 0 radical (unpaired) electrons. The molecule has 1 aromatic carbocycles. The van der Waals surface area contributed by atoms with E-state index in [1.165, 1.54) is 10.5 Å². The van der Waals surface area contributed by atoms with E-state index in [-0.39, 0.29) is 0 Å². The highest BCUT2D eigenvalue weighted by molar-refractivity contribution is 9.10. The summed E-state index contributed by atoms with van der Waals surface area (Å²) < 4.78 is 11.2. The fourth-order valence-electron chi connectivity index (χ4n) is 1.59. The van der Waals surface area contributed by atoms with E-state index in [9.17, 15) is 0 Å². The van der Waals surface area contributed by atoms with Crippen LogP contribution in [0.2, 0.25) is 0 Å².